The molecule has 4 nitrogen and oxygen atoms in total. The van der Waals surface area contributed by atoms with Crippen molar-refractivity contribution in [2.75, 3.05) is 11.9 Å². The second kappa shape index (κ2) is 7.61. The van der Waals surface area contributed by atoms with E-state index in [1.54, 1.807) is 0 Å². The van der Waals surface area contributed by atoms with Gasteiger partial charge in [-0.2, -0.15) is 0 Å². The Kier molecular flexibility index (Phi) is 5.55. The lowest BCUT2D eigenvalue weighted by Crippen LogP contribution is -2.33. The summed E-state index contributed by atoms with van der Waals surface area (Å²) in [6.45, 7) is 3.96. The van der Waals surface area contributed by atoms with Crippen molar-refractivity contribution in [1.29, 1.82) is 0 Å². The molecule has 0 fully saturated rings. The minimum atomic E-state index is -0.268. The van der Waals surface area contributed by atoms with Crippen molar-refractivity contribution < 1.29 is 9.90 Å². The molecule has 0 aliphatic heterocycles. The summed E-state index contributed by atoms with van der Waals surface area (Å²) in [6, 6.07) is 15.1. The number of benzene rings is 2. The van der Waals surface area contributed by atoms with Gasteiger partial charge in [0.25, 0.3) is 0 Å². The molecule has 0 aliphatic carbocycles. The molecule has 0 aromatic heterocycles. The molecular weight excluding hydrogens is 276 g/mol. The Morgan fingerprint density at radius 1 is 1.14 bits per heavy atom. The van der Waals surface area contributed by atoms with Crippen molar-refractivity contribution in [3.63, 3.8) is 0 Å². The third kappa shape index (κ3) is 4.33. The van der Waals surface area contributed by atoms with Crippen LogP contribution in [0.2, 0.25) is 0 Å². The molecule has 0 spiro atoms. The maximum absolute atomic E-state index is 12.2. The molecule has 0 saturated heterocycles. The number of aliphatic hydroxyl groups excluding tert-OH is 1. The Hall–Kier alpha value is -2.33. The molecule has 22 heavy (non-hydrogen) atoms. The van der Waals surface area contributed by atoms with Gasteiger partial charge in [0.1, 0.15) is 0 Å². The van der Waals surface area contributed by atoms with Crippen LogP contribution in [-0.4, -0.2) is 17.7 Å². The summed E-state index contributed by atoms with van der Waals surface area (Å²) < 4.78 is 0. The Morgan fingerprint density at radius 2 is 1.86 bits per heavy atom. The molecule has 0 saturated carbocycles. The van der Waals surface area contributed by atoms with E-state index in [1.807, 2.05) is 62.4 Å². The molecule has 3 N–H and O–H groups in total. The maximum Gasteiger partial charge on any atom is 0.319 e. The van der Waals surface area contributed by atoms with Crippen molar-refractivity contribution >= 4 is 11.7 Å². The van der Waals surface area contributed by atoms with Crippen LogP contribution in [-0.2, 0) is 0 Å². The molecular formula is C18H22N2O2. The number of aliphatic hydroxyl groups is 1. The second-order valence-corrected chi connectivity index (χ2v) is 5.39. The summed E-state index contributed by atoms with van der Waals surface area (Å²) in [5, 5.41) is 15.0. The van der Waals surface area contributed by atoms with E-state index in [4.69, 9.17) is 0 Å². The zero-order valence-electron chi connectivity index (χ0n) is 13.0. The minimum absolute atomic E-state index is 0.0172. The van der Waals surface area contributed by atoms with Crippen LogP contribution < -0.4 is 10.6 Å². The first-order valence-corrected chi connectivity index (χ1v) is 7.40. The van der Waals surface area contributed by atoms with Crippen LogP contribution in [0.15, 0.2) is 48.5 Å². The number of anilines is 1. The van der Waals surface area contributed by atoms with E-state index in [0.717, 1.165) is 22.4 Å². The Morgan fingerprint density at radius 3 is 2.55 bits per heavy atom. The number of hydrogen-bond donors (Lipinski definition) is 3. The number of carbonyl (C=O) groups is 1. The van der Waals surface area contributed by atoms with Gasteiger partial charge >= 0.3 is 6.03 Å². The fourth-order valence-corrected chi connectivity index (χ4v) is 2.32. The Bertz CT molecular complexity index is 626. The minimum Gasteiger partial charge on any atom is -0.396 e. The molecule has 1 atom stereocenters. The van der Waals surface area contributed by atoms with Crippen molar-refractivity contribution in [1.82, 2.24) is 5.32 Å². The highest BCUT2D eigenvalue weighted by Crippen LogP contribution is 2.18. The normalized spacial score (nSPS) is 11.8. The number of carbonyl (C=O) groups excluding carboxylic acids is 1. The van der Waals surface area contributed by atoms with Crippen LogP contribution in [0, 0.1) is 13.8 Å². The zero-order chi connectivity index (χ0) is 15.9. The van der Waals surface area contributed by atoms with Crippen LogP contribution in [0.5, 0.6) is 0 Å². The summed E-state index contributed by atoms with van der Waals surface area (Å²) in [5.41, 5.74) is 3.89. The van der Waals surface area contributed by atoms with Gasteiger partial charge < -0.3 is 15.7 Å². The topological polar surface area (TPSA) is 61.4 Å². The van der Waals surface area contributed by atoms with Crippen molar-refractivity contribution in [3.05, 3.63) is 65.2 Å². The van der Waals surface area contributed by atoms with Gasteiger partial charge in [0.05, 0.1) is 6.04 Å². The summed E-state index contributed by atoms with van der Waals surface area (Å²) in [6.07, 6.45) is 0.476. The van der Waals surface area contributed by atoms with Crippen LogP contribution in [0.3, 0.4) is 0 Å². The van der Waals surface area contributed by atoms with Crippen molar-refractivity contribution in [2.24, 2.45) is 0 Å². The molecule has 2 aromatic carbocycles. The molecule has 0 aliphatic rings. The van der Waals surface area contributed by atoms with E-state index >= 15 is 0 Å². The highest BCUT2D eigenvalue weighted by atomic mass is 16.3. The van der Waals surface area contributed by atoms with Crippen LogP contribution in [0.4, 0.5) is 10.5 Å². The standard InChI is InChI=1S/C18H22N2O2/c1-13-8-9-14(2)17(12-13)20-18(22)19-16(10-11-21)15-6-4-3-5-7-15/h3-9,12,16,21H,10-11H2,1-2H3,(H2,19,20,22)/t16-/m1/s1. The molecule has 2 rings (SSSR count). The maximum atomic E-state index is 12.2. The number of urea groups is 1. The third-order valence-electron chi connectivity index (χ3n) is 3.57. The van der Waals surface area contributed by atoms with Gasteiger partial charge in [0.2, 0.25) is 0 Å². The Labute approximate surface area is 131 Å². The summed E-state index contributed by atoms with van der Waals surface area (Å²) in [5.74, 6) is 0. The predicted molar refractivity (Wildman–Crippen MR) is 89.0 cm³/mol. The molecule has 4 heteroatoms. The van der Waals surface area contributed by atoms with Gasteiger partial charge in [-0.05, 0) is 43.0 Å². The fourth-order valence-electron chi connectivity index (χ4n) is 2.32. The van der Waals surface area contributed by atoms with Crippen LogP contribution in [0.25, 0.3) is 0 Å². The first kappa shape index (κ1) is 16.0. The molecule has 0 unspecified atom stereocenters. The smallest absolute Gasteiger partial charge is 0.319 e. The number of amides is 2. The molecule has 0 radical (unpaired) electrons. The van der Waals surface area contributed by atoms with Crippen LogP contribution in [0.1, 0.15) is 29.2 Å². The lowest BCUT2D eigenvalue weighted by Gasteiger charge is -2.19. The van der Waals surface area contributed by atoms with Crippen molar-refractivity contribution in [3.8, 4) is 0 Å². The molecule has 2 amide bonds. The lowest BCUT2D eigenvalue weighted by atomic mass is 10.0. The number of hydrogen-bond acceptors (Lipinski definition) is 2. The summed E-state index contributed by atoms with van der Waals surface area (Å²) in [7, 11) is 0. The van der Waals surface area contributed by atoms with Gasteiger partial charge in [-0.25, -0.2) is 4.79 Å². The van der Waals surface area contributed by atoms with Gasteiger partial charge in [-0.15, -0.1) is 0 Å². The second-order valence-electron chi connectivity index (χ2n) is 5.39. The Balaban J connectivity index is 2.07. The number of rotatable bonds is 5. The summed E-state index contributed by atoms with van der Waals surface area (Å²) >= 11 is 0. The first-order valence-electron chi connectivity index (χ1n) is 7.40. The van der Waals surface area contributed by atoms with E-state index in [1.165, 1.54) is 0 Å². The average Bonchev–Trinajstić information content (AvgIpc) is 2.51. The molecule has 2 aromatic rings. The first-order chi connectivity index (χ1) is 10.6. The zero-order valence-corrected chi connectivity index (χ0v) is 13.0. The fraction of sp³-hybridized carbons (Fsp3) is 0.278. The predicted octanol–water partition coefficient (Wildman–Crippen LogP) is 3.55. The van der Waals surface area contributed by atoms with Gasteiger partial charge in [-0.3, -0.25) is 0 Å². The molecule has 116 valence electrons. The van der Waals surface area contributed by atoms with Crippen molar-refractivity contribution in [2.45, 2.75) is 26.3 Å². The summed E-state index contributed by atoms with van der Waals surface area (Å²) in [4.78, 5) is 12.2. The largest absolute Gasteiger partial charge is 0.396 e. The average molecular weight is 298 g/mol. The number of nitrogens with one attached hydrogen (secondary N) is 2. The van der Waals surface area contributed by atoms with E-state index in [-0.39, 0.29) is 18.7 Å². The highest BCUT2D eigenvalue weighted by Gasteiger charge is 2.14. The highest BCUT2D eigenvalue weighted by molar-refractivity contribution is 5.90. The van der Waals surface area contributed by atoms with Gasteiger partial charge in [0.15, 0.2) is 0 Å². The van der Waals surface area contributed by atoms with Crippen LogP contribution >= 0.6 is 0 Å². The van der Waals surface area contributed by atoms with E-state index in [0.29, 0.717) is 6.42 Å². The quantitative estimate of drug-likeness (QED) is 0.790. The van der Waals surface area contributed by atoms with Gasteiger partial charge in [-0.1, -0.05) is 42.5 Å². The number of aryl methyl sites for hydroxylation is 2. The SMILES string of the molecule is Cc1ccc(C)c(NC(=O)N[C@H](CCO)c2ccccc2)c1. The van der Waals surface area contributed by atoms with Gasteiger partial charge in [0, 0.05) is 12.3 Å². The van der Waals surface area contributed by atoms with E-state index in [9.17, 15) is 9.90 Å². The van der Waals surface area contributed by atoms with E-state index in [2.05, 4.69) is 10.6 Å². The lowest BCUT2D eigenvalue weighted by molar-refractivity contribution is 0.239. The third-order valence-corrected chi connectivity index (χ3v) is 3.57. The molecule has 0 bridgehead atoms. The molecule has 0 heterocycles. The van der Waals surface area contributed by atoms with E-state index < -0.39 is 0 Å². The monoisotopic (exact) mass is 298 g/mol.